The van der Waals surface area contributed by atoms with Crippen molar-refractivity contribution in [3.63, 3.8) is 0 Å². The third kappa shape index (κ3) is 5.16. The normalized spacial score (nSPS) is 11.7. The standard InChI is InChI=1S/C19H23F3N4O2.ClH/c1-4-18(5-2,11-23)24-17(28)16-15(27)10-12(3)26(25-16)14-9-7-6-8-13(14)19(20,21)22;/h6-10H,4-5,11,23H2,1-3H3,(H,24,28);1H. The lowest BCUT2D eigenvalue weighted by molar-refractivity contribution is -0.137. The van der Waals surface area contributed by atoms with Gasteiger partial charge in [-0.3, -0.25) is 9.59 Å². The van der Waals surface area contributed by atoms with Gasteiger partial charge in [-0.15, -0.1) is 12.4 Å². The van der Waals surface area contributed by atoms with E-state index in [0.29, 0.717) is 12.8 Å². The molecule has 1 aromatic carbocycles. The number of nitrogens with zero attached hydrogens (tertiary/aromatic N) is 2. The first kappa shape index (κ1) is 24.6. The van der Waals surface area contributed by atoms with Gasteiger partial charge in [0.25, 0.3) is 5.91 Å². The highest BCUT2D eigenvalue weighted by Crippen LogP contribution is 2.33. The Morgan fingerprint density at radius 3 is 2.31 bits per heavy atom. The number of benzene rings is 1. The summed E-state index contributed by atoms with van der Waals surface area (Å²) in [7, 11) is 0. The number of aryl methyl sites for hydroxylation is 1. The summed E-state index contributed by atoms with van der Waals surface area (Å²) in [5.41, 5.74) is 2.88. The van der Waals surface area contributed by atoms with Crippen molar-refractivity contribution in [3.8, 4) is 5.69 Å². The van der Waals surface area contributed by atoms with E-state index in [0.717, 1.165) is 16.8 Å². The van der Waals surface area contributed by atoms with Crippen LogP contribution in [0.2, 0.25) is 0 Å². The van der Waals surface area contributed by atoms with Gasteiger partial charge < -0.3 is 11.1 Å². The lowest BCUT2D eigenvalue weighted by atomic mass is 9.93. The van der Waals surface area contributed by atoms with Crippen molar-refractivity contribution in [3.05, 3.63) is 57.5 Å². The highest BCUT2D eigenvalue weighted by molar-refractivity contribution is 5.92. The topological polar surface area (TPSA) is 90.0 Å². The average molecular weight is 433 g/mol. The van der Waals surface area contributed by atoms with Crippen LogP contribution in [0.25, 0.3) is 5.69 Å². The fourth-order valence-electron chi connectivity index (χ4n) is 2.91. The van der Waals surface area contributed by atoms with Gasteiger partial charge in [-0.1, -0.05) is 26.0 Å². The molecule has 2 rings (SSSR count). The molecule has 1 amide bonds. The van der Waals surface area contributed by atoms with Crippen molar-refractivity contribution in [1.82, 2.24) is 15.1 Å². The van der Waals surface area contributed by atoms with Crippen LogP contribution in [0.3, 0.4) is 0 Å². The van der Waals surface area contributed by atoms with Gasteiger partial charge in [-0.2, -0.15) is 18.3 Å². The Kier molecular flexibility index (Phi) is 7.99. The van der Waals surface area contributed by atoms with Gasteiger partial charge in [0.2, 0.25) is 5.43 Å². The van der Waals surface area contributed by atoms with E-state index < -0.39 is 34.3 Å². The zero-order valence-electron chi connectivity index (χ0n) is 16.3. The summed E-state index contributed by atoms with van der Waals surface area (Å²) in [4.78, 5) is 25.0. The van der Waals surface area contributed by atoms with Crippen LogP contribution in [0.4, 0.5) is 13.2 Å². The molecule has 1 aromatic heterocycles. The molecule has 29 heavy (non-hydrogen) atoms. The Morgan fingerprint density at radius 1 is 1.21 bits per heavy atom. The van der Waals surface area contributed by atoms with E-state index in [4.69, 9.17) is 5.73 Å². The third-order valence-electron chi connectivity index (χ3n) is 4.88. The number of nitrogens with one attached hydrogen (secondary N) is 1. The quantitative estimate of drug-likeness (QED) is 0.733. The molecule has 0 radical (unpaired) electrons. The zero-order chi connectivity index (χ0) is 21.1. The predicted molar refractivity (Wildman–Crippen MR) is 107 cm³/mol. The molecule has 0 aliphatic rings. The molecule has 0 aliphatic heterocycles. The van der Waals surface area contributed by atoms with Crippen LogP contribution in [-0.4, -0.2) is 27.8 Å². The van der Waals surface area contributed by atoms with Gasteiger partial charge in [0.15, 0.2) is 5.69 Å². The maximum absolute atomic E-state index is 13.4. The Bertz CT molecular complexity index is 916. The van der Waals surface area contributed by atoms with Crippen molar-refractivity contribution in [2.75, 3.05) is 6.54 Å². The molecule has 3 N–H and O–H groups in total. The number of halogens is 4. The highest BCUT2D eigenvalue weighted by Gasteiger charge is 2.34. The lowest BCUT2D eigenvalue weighted by Gasteiger charge is -2.31. The second-order valence-corrected chi connectivity index (χ2v) is 6.57. The van der Waals surface area contributed by atoms with Crippen molar-refractivity contribution in [2.24, 2.45) is 5.73 Å². The number of carbonyl (C=O) groups is 1. The van der Waals surface area contributed by atoms with E-state index in [-0.39, 0.29) is 30.3 Å². The largest absolute Gasteiger partial charge is 0.418 e. The van der Waals surface area contributed by atoms with Crippen LogP contribution in [-0.2, 0) is 6.18 Å². The first-order valence-electron chi connectivity index (χ1n) is 8.88. The minimum absolute atomic E-state index is 0. The fraction of sp³-hybridized carbons (Fsp3) is 0.421. The SMILES string of the molecule is CCC(CC)(CN)NC(=O)c1nn(-c2ccccc2C(F)(F)F)c(C)cc1=O.Cl. The first-order valence-corrected chi connectivity index (χ1v) is 8.88. The number of nitrogens with two attached hydrogens (primary N) is 1. The zero-order valence-corrected chi connectivity index (χ0v) is 17.2. The molecule has 0 spiro atoms. The predicted octanol–water partition coefficient (Wildman–Crippen LogP) is 3.23. The summed E-state index contributed by atoms with van der Waals surface area (Å²) < 4.78 is 41.1. The summed E-state index contributed by atoms with van der Waals surface area (Å²) in [6.07, 6.45) is -3.55. The van der Waals surface area contributed by atoms with Crippen LogP contribution >= 0.6 is 12.4 Å². The summed E-state index contributed by atoms with van der Waals surface area (Å²) in [6.45, 7) is 5.29. The maximum atomic E-state index is 13.4. The van der Waals surface area contributed by atoms with Gasteiger partial charge in [0.05, 0.1) is 16.8 Å². The van der Waals surface area contributed by atoms with Gasteiger partial charge in [-0.05, 0) is 31.9 Å². The van der Waals surface area contributed by atoms with Crippen LogP contribution in [0.1, 0.15) is 48.4 Å². The molecule has 0 aliphatic carbocycles. The second-order valence-electron chi connectivity index (χ2n) is 6.57. The Hall–Kier alpha value is -2.39. The fourth-order valence-corrected chi connectivity index (χ4v) is 2.91. The van der Waals surface area contributed by atoms with Crippen LogP contribution in [0.5, 0.6) is 0 Å². The lowest BCUT2D eigenvalue weighted by Crippen LogP contribution is -2.53. The smallest absolute Gasteiger partial charge is 0.344 e. The summed E-state index contributed by atoms with van der Waals surface area (Å²) >= 11 is 0. The second kappa shape index (κ2) is 9.41. The molecule has 0 saturated carbocycles. The summed E-state index contributed by atoms with van der Waals surface area (Å²) in [6, 6.07) is 5.93. The molecular weight excluding hydrogens is 409 g/mol. The van der Waals surface area contributed by atoms with E-state index in [9.17, 15) is 22.8 Å². The Labute approximate surface area is 172 Å². The van der Waals surface area contributed by atoms with Crippen LogP contribution in [0, 0.1) is 6.92 Å². The number of para-hydroxylation sites is 1. The summed E-state index contributed by atoms with van der Waals surface area (Å²) in [5.74, 6) is -0.766. The van der Waals surface area contributed by atoms with Crippen molar-refractivity contribution in [1.29, 1.82) is 0 Å². The maximum Gasteiger partial charge on any atom is 0.418 e. The molecule has 6 nitrogen and oxygen atoms in total. The molecule has 2 aromatic rings. The van der Waals surface area contributed by atoms with E-state index in [1.165, 1.54) is 25.1 Å². The molecule has 160 valence electrons. The van der Waals surface area contributed by atoms with Gasteiger partial charge in [-0.25, -0.2) is 4.68 Å². The van der Waals surface area contributed by atoms with E-state index in [2.05, 4.69) is 10.4 Å². The number of hydrogen-bond donors (Lipinski definition) is 2. The average Bonchev–Trinajstić information content (AvgIpc) is 2.65. The molecule has 10 heteroatoms. The van der Waals surface area contributed by atoms with E-state index in [1.54, 1.807) is 0 Å². The number of alkyl halides is 3. The molecule has 0 saturated heterocycles. The van der Waals surface area contributed by atoms with Crippen molar-refractivity contribution in [2.45, 2.75) is 45.3 Å². The minimum atomic E-state index is -4.62. The van der Waals surface area contributed by atoms with E-state index in [1.807, 2.05) is 13.8 Å². The Morgan fingerprint density at radius 2 is 1.79 bits per heavy atom. The number of hydrogen-bond acceptors (Lipinski definition) is 4. The van der Waals surface area contributed by atoms with Crippen molar-refractivity contribution >= 4 is 18.3 Å². The van der Waals surface area contributed by atoms with Gasteiger partial charge >= 0.3 is 6.18 Å². The van der Waals surface area contributed by atoms with Gasteiger partial charge in [0, 0.05) is 18.3 Å². The number of amides is 1. The molecule has 1 heterocycles. The Balaban J connectivity index is 0.00000420. The number of rotatable bonds is 6. The third-order valence-corrected chi connectivity index (χ3v) is 4.88. The number of aromatic nitrogens is 2. The monoisotopic (exact) mass is 432 g/mol. The molecule has 0 unspecified atom stereocenters. The van der Waals surface area contributed by atoms with Crippen LogP contribution in [0.15, 0.2) is 35.1 Å². The molecule has 0 bridgehead atoms. The molecular formula is C19H24ClF3N4O2. The minimum Gasteiger partial charge on any atom is -0.344 e. The first-order chi connectivity index (χ1) is 13.1. The highest BCUT2D eigenvalue weighted by atomic mass is 35.5. The van der Waals surface area contributed by atoms with Crippen molar-refractivity contribution < 1.29 is 18.0 Å². The molecule has 0 fully saturated rings. The van der Waals surface area contributed by atoms with Gasteiger partial charge in [0.1, 0.15) is 0 Å². The van der Waals surface area contributed by atoms with E-state index >= 15 is 0 Å². The molecule has 0 atom stereocenters. The number of carbonyl (C=O) groups excluding carboxylic acids is 1. The summed E-state index contributed by atoms with van der Waals surface area (Å²) in [5, 5.41) is 6.67. The van der Waals surface area contributed by atoms with Crippen LogP contribution < -0.4 is 16.5 Å².